The molecule has 0 saturated carbocycles. The number of hydrogen-bond acceptors (Lipinski definition) is 6. The summed E-state index contributed by atoms with van der Waals surface area (Å²) in [7, 11) is 3.00. The Hall–Kier alpha value is -2.83. The van der Waals surface area contributed by atoms with Crippen molar-refractivity contribution in [2.24, 2.45) is 11.8 Å². The Labute approximate surface area is 211 Å². The zero-order chi connectivity index (χ0) is 24.9. The van der Waals surface area contributed by atoms with Gasteiger partial charge in [-0.05, 0) is 54.5 Å². The number of nitrogens with one attached hydrogen (secondary N) is 1. The second-order valence-electron chi connectivity index (χ2n) is 9.79. The lowest BCUT2D eigenvalue weighted by Gasteiger charge is -2.45. The van der Waals surface area contributed by atoms with E-state index in [-0.39, 0.29) is 23.7 Å². The molecule has 2 aromatic rings. The first kappa shape index (κ1) is 23.9. The van der Waals surface area contributed by atoms with Crippen LogP contribution in [0, 0.1) is 11.8 Å². The van der Waals surface area contributed by atoms with Gasteiger partial charge in [-0.25, -0.2) is 4.79 Å². The number of rotatable bonds is 5. The molecular weight excluding hydrogens is 464 g/mol. The maximum absolute atomic E-state index is 14.2. The Morgan fingerprint density at radius 1 is 1.23 bits per heavy atom. The summed E-state index contributed by atoms with van der Waals surface area (Å²) in [4.78, 5) is 29.0. The monoisotopic (exact) mass is 494 g/mol. The van der Waals surface area contributed by atoms with Crippen molar-refractivity contribution in [2.45, 2.75) is 37.8 Å². The first-order valence-corrected chi connectivity index (χ1v) is 12.5. The van der Waals surface area contributed by atoms with Crippen LogP contribution in [0.3, 0.4) is 0 Å². The summed E-state index contributed by atoms with van der Waals surface area (Å²) >= 11 is 6.08. The minimum absolute atomic E-state index is 0.0199. The van der Waals surface area contributed by atoms with Gasteiger partial charge in [0.1, 0.15) is 11.3 Å². The fraction of sp³-hybridized carbons (Fsp3) is 0.429. The van der Waals surface area contributed by atoms with Gasteiger partial charge in [0.2, 0.25) is 0 Å². The third-order valence-electron chi connectivity index (χ3n) is 8.24. The first-order valence-electron chi connectivity index (χ1n) is 12.2. The number of esters is 1. The molecule has 5 rings (SSSR count). The molecule has 0 radical (unpaired) electrons. The summed E-state index contributed by atoms with van der Waals surface area (Å²) in [5, 5.41) is 4.27. The Morgan fingerprint density at radius 3 is 2.63 bits per heavy atom. The molecule has 2 saturated heterocycles. The second kappa shape index (κ2) is 8.99. The van der Waals surface area contributed by atoms with Crippen LogP contribution >= 0.6 is 11.6 Å². The molecule has 1 spiro atoms. The van der Waals surface area contributed by atoms with E-state index in [1.165, 1.54) is 7.11 Å². The number of hydrogen-bond donors (Lipinski definition) is 1. The number of carbonyl (C=O) groups is 2. The fourth-order valence-corrected chi connectivity index (χ4v) is 6.54. The maximum atomic E-state index is 14.2. The number of ether oxygens (including phenoxy) is 2. The molecule has 4 atom stereocenters. The van der Waals surface area contributed by atoms with E-state index >= 15 is 0 Å². The predicted molar refractivity (Wildman–Crippen MR) is 137 cm³/mol. The third kappa shape index (κ3) is 3.66. The van der Waals surface area contributed by atoms with Crippen molar-refractivity contribution in [1.82, 2.24) is 4.90 Å². The van der Waals surface area contributed by atoms with E-state index in [0.29, 0.717) is 40.7 Å². The molecule has 0 unspecified atom stereocenters. The Morgan fingerprint density at radius 2 is 1.97 bits per heavy atom. The number of fused-ring (bicyclic) bond motifs is 3. The van der Waals surface area contributed by atoms with Crippen LogP contribution in [0.25, 0.3) is 11.1 Å². The highest BCUT2D eigenvalue weighted by atomic mass is 35.5. The molecule has 3 heterocycles. The van der Waals surface area contributed by atoms with E-state index < -0.39 is 5.54 Å². The highest BCUT2D eigenvalue weighted by Crippen LogP contribution is 2.52. The lowest BCUT2D eigenvalue weighted by Crippen LogP contribution is -2.57. The molecule has 35 heavy (non-hydrogen) atoms. The zero-order valence-corrected chi connectivity index (χ0v) is 21.2. The molecule has 6 nitrogen and oxygen atoms in total. The number of halogens is 1. The van der Waals surface area contributed by atoms with Crippen LogP contribution in [-0.2, 0) is 9.53 Å². The van der Waals surface area contributed by atoms with Crippen molar-refractivity contribution < 1.29 is 19.1 Å². The highest BCUT2D eigenvalue weighted by molar-refractivity contribution is 6.30. The van der Waals surface area contributed by atoms with Crippen LogP contribution in [0.4, 0.5) is 5.69 Å². The molecule has 3 aliphatic heterocycles. The maximum Gasteiger partial charge on any atom is 0.333 e. The number of carbonyl (C=O) groups excluding carboxylic acids is 2. The molecule has 0 aromatic heterocycles. The van der Waals surface area contributed by atoms with Crippen molar-refractivity contribution in [2.75, 3.05) is 32.6 Å². The van der Waals surface area contributed by atoms with Gasteiger partial charge in [0.15, 0.2) is 5.78 Å². The molecule has 0 aliphatic carbocycles. The van der Waals surface area contributed by atoms with Crippen molar-refractivity contribution in [3.05, 3.63) is 59.1 Å². The van der Waals surface area contributed by atoms with Gasteiger partial charge in [-0.15, -0.1) is 0 Å². The van der Waals surface area contributed by atoms with E-state index in [1.54, 1.807) is 7.11 Å². The molecule has 2 fully saturated rings. The van der Waals surface area contributed by atoms with Crippen LogP contribution in [0.5, 0.6) is 5.75 Å². The third-order valence-corrected chi connectivity index (χ3v) is 8.50. The normalized spacial score (nSPS) is 27.3. The number of ketones is 1. The molecule has 3 aliphatic rings. The largest absolute Gasteiger partial charge is 0.495 e. The van der Waals surface area contributed by atoms with Crippen molar-refractivity contribution in [1.29, 1.82) is 0 Å². The molecule has 2 aromatic carbocycles. The summed E-state index contributed by atoms with van der Waals surface area (Å²) in [6, 6.07) is 11.5. The molecule has 7 heteroatoms. The van der Waals surface area contributed by atoms with Crippen molar-refractivity contribution >= 4 is 29.0 Å². The number of piperidine rings is 1. The van der Waals surface area contributed by atoms with E-state index in [2.05, 4.69) is 23.7 Å². The van der Waals surface area contributed by atoms with Gasteiger partial charge in [-0.1, -0.05) is 43.7 Å². The van der Waals surface area contributed by atoms with Crippen LogP contribution in [-0.4, -0.2) is 55.5 Å². The fourth-order valence-electron chi connectivity index (χ4n) is 6.42. The lowest BCUT2D eigenvalue weighted by atomic mass is 9.72. The van der Waals surface area contributed by atoms with E-state index in [4.69, 9.17) is 21.1 Å². The molecular formula is C28H31ClN2O4. The second-order valence-corrected chi connectivity index (χ2v) is 10.2. The summed E-state index contributed by atoms with van der Waals surface area (Å²) in [6.45, 7) is 7.90. The standard InChI is InChI=1S/C28H31ClN2O4/c1-5-17-15-31-13-12-28(23(31)14-21(17)16(2)27(33)35-4)26(32)24-22(30-28)11-10-20(25(24)34-3)18-6-8-19(29)9-7-18/h6-11,17,21,23,30H,2,5,12-15H2,1,3-4H3/t17-,21-,23+,28+/m1/s1. The van der Waals surface area contributed by atoms with Gasteiger partial charge in [-0.3, -0.25) is 9.69 Å². The van der Waals surface area contributed by atoms with E-state index in [0.717, 1.165) is 36.3 Å². The van der Waals surface area contributed by atoms with Crippen LogP contribution in [0.15, 0.2) is 48.6 Å². The van der Waals surface area contributed by atoms with E-state index in [9.17, 15) is 9.59 Å². The van der Waals surface area contributed by atoms with Crippen LogP contribution in [0.1, 0.15) is 36.5 Å². The molecule has 184 valence electrons. The zero-order valence-electron chi connectivity index (χ0n) is 20.4. The summed E-state index contributed by atoms with van der Waals surface area (Å²) < 4.78 is 10.8. The lowest BCUT2D eigenvalue weighted by molar-refractivity contribution is -0.137. The number of methoxy groups -OCH3 is 2. The van der Waals surface area contributed by atoms with Crippen LogP contribution in [0.2, 0.25) is 5.02 Å². The van der Waals surface area contributed by atoms with Gasteiger partial charge in [0.05, 0.1) is 19.8 Å². The Kier molecular flexibility index (Phi) is 6.14. The molecule has 1 N–H and O–H groups in total. The minimum atomic E-state index is -0.748. The number of anilines is 1. The topological polar surface area (TPSA) is 67.9 Å². The summed E-state index contributed by atoms with van der Waals surface area (Å²) in [6.07, 6.45) is 2.33. The van der Waals surface area contributed by atoms with Gasteiger partial charge in [0, 0.05) is 41.0 Å². The first-order chi connectivity index (χ1) is 16.8. The molecule has 0 bridgehead atoms. The predicted octanol–water partition coefficient (Wildman–Crippen LogP) is 5.21. The van der Waals surface area contributed by atoms with Crippen molar-refractivity contribution in [3.63, 3.8) is 0 Å². The summed E-state index contributed by atoms with van der Waals surface area (Å²) in [5.74, 6) is 0.559. The average Bonchev–Trinajstić information content (AvgIpc) is 3.39. The Balaban J connectivity index is 1.52. The smallest absolute Gasteiger partial charge is 0.333 e. The van der Waals surface area contributed by atoms with Gasteiger partial charge < -0.3 is 14.8 Å². The molecule has 0 amide bonds. The Bertz CT molecular complexity index is 1190. The van der Waals surface area contributed by atoms with E-state index in [1.807, 2.05) is 36.4 Å². The van der Waals surface area contributed by atoms with Crippen LogP contribution < -0.4 is 10.1 Å². The SMILES string of the molecule is C=C(C(=O)OC)[C@H]1C[C@@H]2N(CC[C@]23Nc2ccc(-c4ccc(Cl)cc4)c(OC)c2C3=O)C[C@H]1CC. The van der Waals surface area contributed by atoms with Gasteiger partial charge in [-0.2, -0.15) is 0 Å². The average molecular weight is 495 g/mol. The quantitative estimate of drug-likeness (QED) is 0.454. The van der Waals surface area contributed by atoms with Crippen molar-refractivity contribution in [3.8, 4) is 16.9 Å². The van der Waals surface area contributed by atoms with Gasteiger partial charge >= 0.3 is 5.97 Å². The summed E-state index contributed by atoms with van der Waals surface area (Å²) in [5.41, 5.74) is 2.95. The number of nitrogens with zero attached hydrogens (tertiary/aromatic N) is 1. The van der Waals surface area contributed by atoms with Gasteiger partial charge in [0.25, 0.3) is 0 Å². The number of benzene rings is 2. The highest BCUT2D eigenvalue weighted by Gasteiger charge is 2.59. The minimum Gasteiger partial charge on any atom is -0.495 e. The number of Topliss-reactive ketones (excluding diaryl/α,β-unsaturated/α-hetero) is 1.